The Morgan fingerprint density at radius 2 is 1.97 bits per heavy atom. The number of ketones is 1. The van der Waals surface area contributed by atoms with Crippen molar-refractivity contribution in [2.75, 3.05) is 0 Å². The maximum atomic E-state index is 14.7. The molecule has 0 aliphatic carbocycles. The van der Waals surface area contributed by atoms with E-state index in [0.717, 1.165) is 30.3 Å². The molecule has 0 saturated carbocycles. The van der Waals surface area contributed by atoms with Crippen molar-refractivity contribution in [1.82, 2.24) is 10.2 Å². The topological polar surface area (TPSA) is 83.6 Å². The second-order valence-electron chi connectivity index (χ2n) is 7.20. The number of piperidine rings is 1. The lowest BCUT2D eigenvalue weighted by Gasteiger charge is -2.29. The van der Waals surface area contributed by atoms with Gasteiger partial charge in [0.05, 0.1) is 1.37 Å². The van der Waals surface area contributed by atoms with Crippen molar-refractivity contribution in [2.45, 2.75) is 44.1 Å². The normalized spacial score (nSPS) is 25.2. The van der Waals surface area contributed by atoms with Gasteiger partial charge in [-0.2, -0.15) is 8.78 Å². The van der Waals surface area contributed by atoms with Crippen molar-refractivity contribution < 1.29 is 34.8 Å². The van der Waals surface area contributed by atoms with E-state index < -0.39 is 73.1 Å². The molecule has 0 unspecified atom stereocenters. The molecule has 1 atom stereocenters. The van der Waals surface area contributed by atoms with E-state index in [1.807, 2.05) is 5.32 Å². The molecule has 32 heavy (non-hydrogen) atoms. The fraction of sp³-hybridized carbons (Fsp3) is 0.304. The highest BCUT2D eigenvalue weighted by Gasteiger charge is 2.41. The quantitative estimate of drug-likeness (QED) is 0.663. The number of fused-ring (bicyclic) bond motifs is 1. The maximum absolute atomic E-state index is 14.7. The van der Waals surface area contributed by atoms with Crippen LogP contribution in [0, 0.1) is 0 Å². The Hall–Kier alpha value is -3.13. The fourth-order valence-corrected chi connectivity index (χ4v) is 3.54. The molecule has 2 aromatic carbocycles. The summed E-state index contributed by atoms with van der Waals surface area (Å²) in [5, 5.41) is 2.05. The van der Waals surface area contributed by atoms with Gasteiger partial charge in [0.15, 0.2) is 0 Å². The number of nitrogens with one attached hydrogen (secondary N) is 1. The van der Waals surface area contributed by atoms with Crippen LogP contribution in [0.4, 0.5) is 8.78 Å². The van der Waals surface area contributed by atoms with Crippen LogP contribution in [-0.2, 0) is 33.2 Å². The van der Waals surface area contributed by atoms with Crippen LogP contribution >= 0.6 is 11.6 Å². The smallest absolute Gasteiger partial charge is 0.322 e. The third kappa shape index (κ3) is 4.14. The summed E-state index contributed by atoms with van der Waals surface area (Å²) in [6.07, 6.45) is -7.34. The molecule has 3 amide bonds. The van der Waals surface area contributed by atoms with Crippen molar-refractivity contribution in [2.24, 2.45) is 0 Å². The lowest BCUT2D eigenvalue weighted by atomic mass is 9.97. The summed E-state index contributed by atoms with van der Waals surface area (Å²) in [7, 11) is 0. The Labute approximate surface area is 194 Å². The van der Waals surface area contributed by atoms with Crippen molar-refractivity contribution in [1.29, 1.82) is 0 Å². The van der Waals surface area contributed by atoms with E-state index in [2.05, 4.69) is 0 Å². The minimum atomic E-state index is -3.99. The van der Waals surface area contributed by atoms with Gasteiger partial charge in [-0.05, 0) is 42.1 Å². The number of carbonyl (C=O) groups is 4. The van der Waals surface area contributed by atoms with Crippen molar-refractivity contribution in [3.8, 4) is 0 Å². The largest absolute Gasteiger partial charge is 0.330 e. The number of aryl methyl sites for hydroxylation is 1. The highest BCUT2D eigenvalue weighted by molar-refractivity contribution is 6.30. The predicted octanol–water partition coefficient (Wildman–Crippen LogP) is 3.39. The molecule has 4 rings (SSSR count). The summed E-state index contributed by atoms with van der Waals surface area (Å²) < 4.78 is 70.7. The molecule has 2 aliphatic heterocycles. The first-order valence-corrected chi connectivity index (χ1v) is 9.85. The summed E-state index contributed by atoms with van der Waals surface area (Å²) in [6, 6.07) is 4.96. The first kappa shape index (κ1) is 16.5. The summed E-state index contributed by atoms with van der Waals surface area (Å²) in [5.41, 5.74) is -0.793. The first-order valence-electron chi connectivity index (χ1n) is 12.0. The average Bonchev–Trinajstić information content (AvgIpc) is 3.13. The zero-order valence-electron chi connectivity index (χ0n) is 21.4. The van der Waals surface area contributed by atoms with E-state index in [9.17, 15) is 28.0 Å². The Kier molecular flexibility index (Phi) is 4.34. The summed E-state index contributed by atoms with van der Waals surface area (Å²) >= 11 is 5.70. The lowest BCUT2D eigenvalue weighted by Crippen LogP contribution is -2.52. The number of amides is 3. The molecule has 0 spiro atoms. The third-order valence-electron chi connectivity index (χ3n) is 5.07. The van der Waals surface area contributed by atoms with Crippen LogP contribution in [0.15, 0.2) is 42.5 Å². The third-order valence-corrected chi connectivity index (χ3v) is 5.33. The van der Waals surface area contributed by atoms with E-state index in [1.54, 1.807) is 0 Å². The van der Waals surface area contributed by atoms with Gasteiger partial charge in [0.2, 0.25) is 17.6 Å². The molecule has 9 heteroatoms. The number of hydrogen-bond acceptors (Lipinski definition) is 4. The van der Waals surface area contributed by atoms with Gasteiger partial charge in [-0.3, -0.25) is 24.5 Å². The zero-order chi connectivity index (χ0) is 27.6. The van der Waals surface area contributed by atoms with Crippen LogP contribution < -0.4 is 5.32 Å². The number of rotatable bonds is 6. The van der Waals surface area contributed by atoms with Crippen LogP contribution in [0.5, 0.6) is 0 Å². The number of Topliss-reactive ketones (excluding diaryl/α,β-unsaturated/α-hetero) is 1. The lowest BCUT2D eigenvalue weighted by molar-refractivity contribution is -0.144. The molecular formula is C23H19ClF2N2O4. The molecule has 6 nitrogen and oxygen atoms in total. The number of alkyl halides is 2. The average molecular weight is 466 g/mol. The second-order valence-corrected chi connectivity index (χ2v) is 7.64. The Morgan fingerprint density at radius 1 is 1.25 bits per heavy atom. The molecule has 0 bridgehead atoms. The van der Waals surface area contributed by atoms with Gasteiger partial charge in [-0.15, -0.1) is 0 Å². The molecule has 2 aliphatic rings. The molecule has 2 aromatic rings. The van der Waals surface area contributed by atoms with Gasteiger partial charge in [0.25, 0.3) is 5.91 Å². The van der Waals surface area contributed by atoms with Crippen molar-refractivity contribution >= 4 is 35.1 Å². The first-order chi connectivity index (χ1) is 17.0. The minimum Gasteiger partial charge on any atom is -0.322 e. The van der Waals surface area contributed by atoms with Crippen LogP contribution in [0.1, 0.15) is 53.1 Å². The van der Waals surface area contributed by atoms with Gasteiger partial charge in [0.1, 0.15) is 6.02 Å². The second kappa shape index (κ2) is 8.43. The number of benzene rings is 2. The van der Waals surface area contributed by atoms with Crippen molar-refractivity contribution in [3.63, 3.8) is 0 Å². The SMILES string of the molecule is [2H]C([2H])(CC(=O)C(F)(F)c1ccc(Cl)cc1)c1ccc2c(c1)CN([C@@]1([2H])C(=O)NC(=O)CC1([2H])[2H])C2=O. The van der Waals surface area contributed by atoms with Gasteiger partial charge < -0.3 is 4.90 Å². The van der Waals surface area contributed by atoms with Crippen molar-refractivity contribution in [3.05, 3.63) is 69.7 Å². The number of nitrogens with zero attached hydrogens (tertiary/aromatic N) is 1. The highest BCUT2D eigenvalue weighted by Crippen LogP contribution is 2.32. The van der Waals surface area contributed by atoms with E-state index in [1.165, 1.54) is 12.1 Å². The Morgan fingerprint density at radius 3 is 2.66 bits per heavy atom. The Balaban J connectivity index is 1.60. The zero-order valence-corrected chi connectivity index (χ0v) is 17.1. The van der Waals surface area contributed by atoms with Crippen LogP contribution in [0.25, 0.3) is 0 Å². The number of imide groups is 1. The molecule has 0 aromatic heterocycles. The molecule has 0 radical (unpaired) electrons. The van der Waals surface area contributed by atoms with Crippen LogP contribution in [0.3, 0.4) is 0 Å². The van der Waals surface area contributed by atoms with Gasteiger partial charge in [-0.25, -0.2) is 0 Å². The van der Waals surface area contributed by atoms with E-state index in [4.69, 9.17) is 18.5 Å². The summed E-state index contributed by atoms with van der Waals surface area (Å²) in [4.78, 5) is 50.2. The predicted molar refractivity (Wildman–Crippen MR) is 111 cm³/mol. The monoisotopic (exact) mass is 465 g/mol. The molecule has 166 valence electrons. The standard InChI is InChI=1S/C23H19ClF2N2O4/c24-16-5-3-15(4-6-16)23(25,26)19(29)9-2-13-1-7-17-14(11-13)12-28(22(17)32)18-8-10-20(30)27-21(18)31/h1,3-7,11,18H,2,8-10,12H2,(H,27,30,31)/t18-/m1/s1/i2D2,8D2,18D. The number of carbonyl (C=O) groups excluding carboxylic acids is 4. The van der Waals surface area contributed by atoms with Crippen LogP contribution in [-0.4, -0.2) is 34.4 Å². The molecule has 1 fully saturated rings. The fourth-order valence-electron chi connectivity index (χ4n) is 3.42. The van der Waals surface area contributed by atoms with Gasteiger partial charge in [0, 0.05) is 41.0 Å². The Bertz CT molecular complexity index is 1340. The minimum absolute atomic E-state index is 0.0514. The number of hydrogen-bond donors (Lipinski definition) is 1. The summed E-state index contributed by atoms with van der Waals surface area (Å²) in [6.45, 7) is -0.475. The van der Waals surface area contributed by atoms with E-state index in [0.29, 0.717) is 4.90 Å². The van der Waals surface area contributed by atoms with E-state index in [-0.39, 0.29) is 21.7 Å². The maximum Gasteiger partial charge on any atom is 0.330 e. The summed E-state index contributed by atoms with van der Waals surface area (Å²) in [5.74, 6) is -8.81. The van der Waals surface area contributed by atoms with Crippen LogP contribution in [0.2, 0.25) is 5.02 Å². The van der Waals surface area contributed by atoms with Gasteiger partial charge in [-0.1, -0.05) is 35.9 Å². The highest BCUT2D eigenvalue weighted by atomic mass is 35.5. The molecule has 2 heterocycles. The molecular weight excluding hydrogens is 442 g/mol. The van der Waals surface area contributed by atoms with E-state index >= 15 is 0 Å². The van der Waals surface area contributed by atoms with Gasteiger partial charge >= 0.3 is 5.92 Å². The molecule has 1 saturated heterocycles. The molecule has 1 N–H and O–H groups in total. The number of halogens is 3.